The van der Waals surface area contributed by atoms with Crippen LogP contribution in [0.3, 0.4) is 0 Å². The van der Waals surface area contributed by atoms with E-state index in [1.54, 1.807) is 24.3 Å². The third-order valence-corrected chi connectivity index (χ3v) is 4.27. The van der Waals surface area contributed by atoms with E-state index in [0.29, 0.717) is 22.7 Å². The Labute approximate surface area is 167 Å². The smallest absolute Gasteiger partial charge is 0.230 e. The molecule has 1 amide bonds. The second-order valence-electron chi connectivity index (χ2n) is 6.46. The molecule has 0 aliphatic carbocycles. The van der Waals surface area contributed by atoms with Crippen molar-refractivity contribution in [2.24, 2.45) is 0 Å². The molecule has 0 spiro atoms. The molecule has 0 atom stereocenters. The highest BCUT2D eigenvalue weighted by molar-refractivity contribution is 5.92. The van der Waals surface area contributed by atoms with Crippen LogP contribution in [0.2, 0.25) is 0 Å². The summed E-state index contributed by atoms with van der Waals surface area (Å²) < 4.78 is 19.0. The molecule has 0 radical (unpaired) electrons. The van der Waals surface area contributed by atoms with Crippen molar-refractivity contribution in [1.82, 2.24) is 5.16 Å². The summed E-state index contributed by atoms with van der Waals surface area (Å²) in [6, 6.07) is 25.1. The second-order valence-corrected chi connectivity index (χ2v) is 6.46. The average Bonchev–Trinajstić information content (AvgIpc) is 3.18. The van der Waals surface area contributed by atoms with Gasteiger partial charge in [-0.3, -0.25) is 4.79 Å². The molecule has 1 heterocycles. The molecule has 0 fully saturated rings. The monoisotopic (exact) mass is 387 g/mol. The Morgan fingerprint density at radius 3 is 2.28 bits per heavy atom. The molecule has 0 unspecified atom stereocenters. The normalized spacial score (nSPS) is 10.5. The number of amides is 1. The van der Waals surface area contributed by atoms with Crippen LogP contribution in [0.5, 0.6) is 0 Å². The summed E-state index contributed by atoms with van der Waals surface area (Å²) in [4.78, 5) is 12.3. The maximum absolute atomic E-state index is 13.8. The Balaban J connectivity index is 1.36. The number of aromatic nitrogens is 1. The minimum absolute atomic E-state index is 0.0297. The average molecular weight is 387 g/mol. The fraction of sp³-hybridized carbons (Fsp3) is 0.0435. The molecule has 0 aliphatic rings. The van der Waals surface area contributed by atoms with Crippen molar-refractivity contribution in [2.75, 3.05) is 10.6 Å². The number of rotatable bonds is 6. The molecular weight excluding hydrogens is 369 g/mol. The molecule has 0 aliphatic heterocycles. The fourth-order valence-electron chi connectivity index (χ4n) is 2.88. The van der Waals surface area contributed by atoms with Gasteiger partial charge in [-0.1, -0.05) is 35.5 Å². The minimum Gasteiger partial charge on any atom is -0.356 e. The summed E-state index contributed by atoms with van der Waals surface area (Å²) in [5.41, 5.74) is 3.32. The lowest BCUT2D eigenvalue weighted by atomic mass is 10.1. The van der Waals surface area contributed by atoms with Crippen molar-refractivity contribution in [2.45, 2.75) is 6.42 Å². The summed E-state index contributed by atoms with van der Waals surface area (Å²) >= 11 is 0. The summed E-state index contributed by atoms with van der Waals surface area (Å²) in [7, 11) is 0. The van der Waals surface area contributed by atoms with E-state index in [1.807, 2.05) is 54.6 Å². The third kappa shape index (κ3) is 4.68. The van der Waals surface area contributed by atoms with Crippen molar-refractivity contribution in [3.05, 3.63) is 96.4 Å². The molecular formula is C23H18FN3O2. The molecule has 4 rings (SSSR count). The second kappa shape index (κ2) is 8.39. The zero-order valence-electron chi connectivity index (χ0n) is 15.4. The van der Waals surface area contributed by atoms with E-state index in [-0.39, 0.29) is 12.3 Å². The highest BCUT2D eigenvalue weighted by Crippen LogP contribution is 2.23. The summed E-state index contributed by atoms with van der Waals surface area (Å²) in [6.45, 7) is 0. The van der Waals surface area contributed by atoms with Gasteiger partial charge in [0.2, 0.25) is 5.91 Å². The zero-order chi connectivity index (χ0) is 20.1. The molecule has 0 bridgehead atoms. The fourth-order valence-corrected chi connectivity index (χ4v) is 2.88. The van der Waals surface area contributed by atoms with Crippen molar-refractivity contribution >= 4 is 23.0 Å². The molecule has 1 aromatic heterocycles. The Hall–Kier alpha value is -3.93. The van der Waals surface area contributed by atoms with Gasteiger partial charge in [-0.2, -0.15) is 0 Å². The van der Waals surface area contributed by atoms with Crippen molar-refractivity contribution in [3.63, 3.8) is 0 Å². The highest BCUT2D eigenvalue weighted by atomic mass is 19.1. The van der Waals surface area contributed by atoms with Gasteiger partial charge in [0.1, 0.15) is 5.82 Å². The van der Waals surface area contributed by atoms with Crippen molar-refractivity contribution in [1.29, 1.82) is 0 Å². The number of halogens is 1. The maximum atomic E-state index is 13.8. The van der Waals surface area contributed by atoms with Gasteiger partial charge in [-0.15, -0.1) is 0 Å². The molecule has 6 heteroatoms. The van der Waals surface area contributed by atoms with Gasteiger partial charge in [-0.25, -0.2) is 4.39 Å². The van der Waals surface area contributed by atoms with Gasteiger partial charge in [0.05, 0.1) is 17.7 Å². The molecule has 144 valence electrons. The predicted molar refractivity (Wildman–Crippen MR) is 110 cm³/mol. The van der Waals surface area contributed by atoms with Crippen LogP contribution in [0.25, 0.3) is 11.3 Å². The van der Waals surface area contributed by atoms with Crippen molar-refractivity contribution in [3.8, 4) is 11.3 Å². The zero-order valence-corrected chi connectivity index (χ0v) is 15.4. The minimum atomic E-state index is -0.399. The van der Waals surface area contributed by atoms with E-state index in [9.17, 15) is 9.18 Å². The van der Waals surface area contributed by atoms with Crippen LogP contribution in [0.15, 0.2) is 89.5 Å². The van der Waals surface area contributed by atoms with Gasteiger partial charge in [0.15, 0.2) is 5.76 Å². The number of hydrogen-bond acceptors (Lipinski definition) is 4. The topological polar surface area (TPSA) is 67.2 Å². The van der Waals surface area contributed by atoms with Crippen LogP contribution < -0.4 is 10.6 Å². The number of para-hydroxylation sites is 1. The van der Waals surface area contributed by atoms with Crippen LogP contribution in [0.1, 0.15) is 5.69 Å². The van der Waals surface area contributed by atoms with Gasteiger partial charge >= 0.3 is 0 Å². The molecule has 5 nitrogen and oxygen atoms in total. The molecule has 0 saturated carbocycles. The molecule has 29 heavy (non-hydrogen) atoms. The third-order valence-electron chi connectivity index (χ3n) is 4.27. The van der Waals surface area contributed by atoms with E-state index in [1.165, 1.54) is 6.07 Å². The lowest BCUT2D eigenvalue weighted by Gasteiger charge is -2.08. The van der Waals surface area contributed by atoms with Crippen molar-refractivity contribution < 1.29 is 13.7 Å². The number of benzene rings is 3. The predicted octanol–water partition coefficient (Wildman–Crippen LogP) is 5.41. The summed E-state index contributed by atoms with van der Waals surface area (Å²) in [5, 5.41) is 9.96. The number of carbonyl (C=O) groups is 1. The first-order valence-electron chi connectivity index (χ1n) is 9.10. The van der Waals surface area contributed by atoms with Crippen LogP contribution in [0, 0.1) is 5.82 Å². The van der Waals surface area contributed by atoms with E-state index in [2.05, 4.69) is 15.8 Å². The summed E-state index contributed by atoms with van der Waals surface area (Å²) in [5.74, 6) is -0.340. The van der Waals surface area contributed by atoms with Gasteiger partial charge < -0.3 is 15.2 Å². The SMILES string of the molecule is O=C(Cc1cc(-c2ccccc2F)on1)Nc1ccc(Nc2ccccc2)cc1. The maximum Gasteiger partial charge on any atom is 0.230 e. The van der Waals surface area contributed by atoms with Crippen LogP contribution in [-0.2, 0) is 11.2 Å². The van der Waals surface area contributed by atoms with Gasteiger partial charge in [0, 0.05) is 23.1 Å². The molecule has 4 aromatic rings. The van der Waals surface area contributed by atoms with E-state index in [4.69, 9.17) is 4.52 Å². The Kier molecular flexibility index (Phi) is 5.33. The number of nitrogens with zero attached hydrogens (tertiary/aromatic N) is 1. The van der Waals surface area contributed by atoms with Crippen LogP contribution >= 0.6 is 0 Å². The number of carbonyl (C=O) groups excluding carboxylic acids is 1. The lowest BCUT2D eigenvalue weighted by Crippen LogP contribution is -2.14. The Bertz CT molecular complexity index is 1110. The Morgan fingerprint density at radius 1 is 0.862 bits per heavy atom. The van der Waals surface area contributed by atoms with E-state index < -0.39 is 5.82 Å². The lowest BCUT2D eigenvalue weighted by molar-refractivity contribution is -0.115. The largest absolute Gasteiger partial charge is 0.356 e. The number of anilines is 3. The first kappa shape index (κ1) is 18.4. The number of hydrogen-bond donors (Lipinski definition) is 2. The first-order chi connectivity index (χ1) is 14.2. The first-order valence-corrected chi connectivity index (χ1v) is 9.10. The number of nitrogens with one attached hydrogen (secondary N) is 2. The quantitative estimate of drug-likeness (QED) is 0.464. The molecule has 3 aromatic carbocycles. The van der Waals surface area contributed by atoms with Gasteiger partial charge in [-0.05, 0) is 48.5 Å². The van der Waals surface area contributed by atoms with E-state index >= 15 is 0 Å². The highest BCUT2D eigenvalue weighted by Gasteiger charge is 2.13. The van der Waals surface area contributed by atoms with Gasteiger partial charge in [0.25, 0.3) is 0 Å². The Morgan fingerprint density at radius 2 is 1.52 bits per heavy atom. The van der Waals surface area contributed by atoms with Crippen LogP contribution in [-0.4, -0.2) is 11.1 Å². The van der Waals surface area contributed by atoms with E-state index in [0.717, 1.165) is 11.4 Å². The standard InChI is InChI=1S/C23H18FN3O2/c24-21-9-5-4-8-20(21)22-14-19(27-29-22)15-23(28)26-18-12-10-17(11-13-18)25-16-6-2-1-3-7-16/h1-14,25H,15H2,(H,26,28). The van der Waals surface area contributed by atoms with Crippen LogP contribution in [0.4, 0.5) is 21.5 Å². The summed E-state index contributed by atoms with van der Waals surface area (Å²) in [6.07, 6.45) is 0.0297. The molecule has 0 saturated heterocycles. The molecule has 2 N–H and O–H groups in total.